The third kappa shape index (κ3) is 4.00. The van der Waals surface area contributed by atoms with Crippen LogP contribution in [0.15, 0.2) is 18.2 Å². The molecular weight excluding hydrogens is 226 g/mol. The third-order valence-corrected chi connectivity index (χ3v) is 2.65. The van der Waals surface area contributed by atoms with Crippen molar-refractivity contribution >= 4 is 11.6 Å². The van der Waals surface area contributed by atoms with Gasteiger partial charge >= 0.3 is 0 Å². The van der Waals surface area contributed by atoms with Crippen LogP contribution in [0.2, 0.25) is 5.02 Å². The number of aryl methyl sites for hydroxylation is 1. The fourth-order valence-electron chi connectivity index (χ4n) is 1.40. The molecule has 0 heterocycles. The molecule has 1 atom stereocenters. The lowest BCUT2D eigenvalue weighted by Gasteiger charge is -2.12. The number of aliphatic hydroxyl groups is 1. The van der Waals surface area contributed by atoms with Crippen molar-refractivity contribution in [3.8, 4) is 5.75 Å². The quantitative estimate of drug-likeness (QED) is 0.802. The summed E-state index contributed by atoms with van der Waals surface area (Å²) in [5, 5.41) is 13.1. The summed E-state index contributed by atoms with van der Waals surface area (Å²) < 4.78 is 5.47. The van der Waals surface area contributed by atoms with E-state index < -0.39 is 6.10 Å². The summed E-state index contributed by atoms with van der Waals surface area (Å²) >= 11 is 5.99. The lowest BCUT2D eigenvalue weighted by molar-refractivity contribution is 0.108. The lowest BCUT2D eigenvalue weighted by Crippen LogP contribution is -2.29. The normalized spacial score (nSPS) is 12.5. The van der Waals surface area contributed by atoms with Crippen LogP contribution < -0.4 is 10.1 Å². The predicted molar refractivity (Wildman–Crippen MR) is 66.3 cm³/mol. The highest BCUT2D eigenvalue weighted by Crippen LogP contribution is 2.22. The summed E-state index contributed by atoms with van der Waals surface area (Å²) in [6, 6.07) is 5.54. The average Bonchev–Trinajstić information content (AvgIpc) is 2.28. The highest BCUT2D eigenvalue weighted by molar-refractivity contribution is 6.31. The van der Waals surface area contributed by atoms with Crippen molar-refractivity contribution in [3.63, 3.8) is 0 Å². The molecule has 1 rings (SSSR count). The molecule has 3 nitrogen and oxygen atoms in total. The first kappa shape index (κ1) is 13.3. The maximum atomic E-state index is 9.48. The van der Waals surface area contributed by atoms with E-state index in [1.807, 2.05) is 25.1 Å². The monoisotopic (exact) mass is 243 g/mol. The van der Waals surface area contributed by atoms with Gasteiger partial charge in [0.1, 0.15) is 18.5 Å². The van der Waals surface area contributed by atoms with Crippen LogP contribution in [0.4, 0.5) is 0 Å². The minimum Gasteiger partial charge on any atom is -0.491 e. The zero-order valence-electron chi connectivity index (χ0n) is 9.66. The van der Waals surface area contributed by atoms with E-state index in [0.717, 1.165) is 22.8 Å². The van der Waals surface area contributed by atoms with Gasteiger partial charge in [-0.25, -0.2) is 0 Å². The Balaban J connectivity index is 2.54. The largest absolute Gasteiger partial charge is 0.491 e. The molecule has 1 unspecified atom stereocenters. The Bertz CT molecular complexity index is 331. The number of hydrogen-bond acceptors (Lipinski definition) is 3. The highest BCUT2D eigenvalue weighted by Gasteiger charge is 2.05. The molecule has 2 N–H and O–H groups in total. The first-order chi connectivity index (χ1) is 7.67. The van der Waals surface area contributed by atoms with Gasteiger partial charge in [0, 0.05) is 11.6 Å². The topological polar surface area (TPSA) is 41.5 Å². The molecule has 0 aliphatic rings. The van der Waals surface area contributed by atoms with E-state index in [2.05, 4.69) is 5.32 Å². The number of hydrogen-bond donors (Lipinski definition) is 2. The van der Waals surface area contributed by atoms with Crippen LogP contribution in [0.3, 0.4) is 0 Å². The van der Waals surface area contributed by atoms with Gasteiger partial charge in [0.05, 0.1) is 0 Å². The van der Waals surface area contributed by atoms with E-state index in [1.54, 1.807) is 7.05 Å². The molecule has 16 heavy (non-hydrogen) atoms. The van der Waals surface area contributed by atoms with Crippen molar-refractivity contribution in [2.24, 2.45) is 0 Å². The van der Waals surface area contributed by atoms with Crippen LogP contribution in [0, 0.1) is 0 Å². The summed E-state index contributed by atoms with van der Waals surface area (Å²) in [7, 11) is 1.79. The van der Waals surface area contributed by atoms with E-state index in [9.17, 15) is 5.11 Å². The molecular formula is C12H18ClNO2. The second-order valence-electron chi connectivity index (χ2n) is 3.63. The minimum atomic E-state index is -0.495. The van der Waals surface area contributed by atoms with Crippen molar-refractivity contribution in [1.82, 2.24) is 5.32 Å². The van der Waals surface area contributed by atoms with Crippen molar-refractivity contribution in [3.05, 3.63) is 28.8 Å². The molecule has 0 saturated carbocycles. The van der Waals surface area contributed by atoms with Gasteiger partial charge in [-0.1, -0.05) is 18.5 Å². The van der Waals surface area contributed by atoms with Gasteiger partial charge in [-0.3, -0.25) is 0 Å². The minimum absolute atomic E-state index is 0.283. The van der Waals surface area contributed by atoms with Gasteiger partial charge in [-0.05, 0) is 37.2 Å². The number of ether oxygens (including phenoxy) is 1. The van der Waals surface area contributed by atoms with Crippen molar-refractivity contribution in [2.45, 2.75) is 19.4 Å². The Morgan fingerprint density at radius 2 is 2.25 bits per heavy atom. The molecule has 4 heteroatoms. The Hall–Kier alpha value is -0.770. The van der Waals surface area contributed by atoms with Crippen LogP contribution in [0.5, 0.6) is 5.75 Å². The van der Waals surface area contributed by atoms with E-state index in [-0.39, 0.29) is 6.61 Å². The first-order valence-electron chi connectivity index (χ1n) is 5.41. The molecule has 0 saturated heterocycles. The lowest BCUT2D eigenvalue weighted by atomic mass is 10.1. The summed E-state index contributed by atoms with van der Waals surface area (Å²) in [4.78, 5) is 0. The first-order valence-corrected chi connectivity index (χ1v) is 5.79. The van der Waals surface area contributed by atoms with E-state index in [1.165, 1.54) is 0 Å². The maximum Gasteiger partial charge on any atom is 0.119 e. The van der Waals surface area contributed by atoms with Gasteiger partial charge in [0.2, 0.25) is 0 Å². The Labute approximate surface area is 101 Å². The number of likely N-dealkylation sites (N-methyl/N-ethyl adjacent to an activating group) is 1. The summed E-state index contributed by atoms with van der Waals surface area (Å²) in [6.07, 6.45) is 0.375. The SMILES string of the molecule is CCc1cc(OCC(O)CNC)ccc1Cl. The summed E-state index contributed by atoms with van der Waals surface area (Å²) in [5.74, 6) is 0.747. The molecule has 1 aromatic carbocycles. The third-order valence-electron chi connectivity index (χ3n) is 2.28. The van der Waals surface area contributed by atoms with Gasteiger partial charge in [0.15, 0.2) is 0 Å². The Kier molecular flexibility index (Phi) is 5.60. The van der Waals surface area contributed by atoms with Gasteiger partial charge < -0.3 is 15.2 Å². The van der Waals surface area contributed by atoms with Gasteiger partial charge in [-0.2, -0.15) is 0 Å². The molecule has 0 bridgehead atoms. The number of halogens is 1. The zero-order chi connectivity index (χ0) is 12.0. The molecule has 0 fully saturated rings. The second-order valence-corrected chi connectivity index (χ2v) is 4.04. The van der Waals surface area contributed by atoms with E-state index in [4.69, 9.17) is 16.3 Å². The molecule has 0 spiro atoms. The fraction of sp³-hybridized carbons (Fsp3) is 0.500. The fourth-order valence-corrected chi connectivity index (χ4v) is 1.65. The number of nitrogens with one attached hydrogen (secondary N) is 1. The zero-order valence-corrected chi connectivity index (χ0v) is 10.4. The van der Waals surface area contributed by atoms with Crippen LogP contribution in [-0.4, -0.2) is 31.4 Å². The molecule has 90 valence electrons. The predicted octanol–water partition coefficient (Wildman–Crippen LogP) is 1.86. The van der Waals surface area contributed by atoms with Crippen molar-refractivity contribution in [2.75, 3.05) is 20.2 Å². The van der Waals surface area contributed by atoms with E-state index >= 15 is 0 Å². The van der Waals surface area contributed by atoms with Crippen molar-refractivity contribution < 1.29 is 9.84 Å². The van der Waals surface area contributed by atoms with Crippen LogP contribution >= 0.6 is 11.6 Å². The van der Waals surface area contributed by atoms with E-state index in [0.29, 0.717) is 6.54 Å². The molecule has 0 aliphatic carbocycles. The molecule has 0 amide bonds. The molecule has 0 aliphatic heterocycles. The van der Waals surface area contributed by atoms with Crippen molar-refractivity contribution in [1.29, 1.82) is 0 Å². The Morgan fingerprint density at radius 1 is 1.50 bits per heavy atom. The molecule has 0 aromatic heterocycles. The number of benzene rings is 1. The maximum absolute atomic E-state index is 9.48. The number of aliphatic hydroxyl groups excluding tert-OH is 1. The van der Waals surface area contributed by atoms with Crippen LogP contribution in [0.25, 0.3) is 0 Å². The standard InChI is InChI=1S/C12H18ClNO2/c1-3-9-6-11(4-5-12(9)13)16-8-10(15)7-14-2/h4-6,10,14-15H,3,7-8H2,1-2H3. The second kappa shape index (κ2) is 6.74. The van der Waals surface area contributed by atoms with Crippen LogP contribution in [0.1, 0.15) is 12.5 Å². The van der Waals surface area contributed by atoms with Crippen LogP contribution in [-0.2, 0) is 6.42 Å². The molecule has 0 radical (unpaired) electrons. The highest BCUT2D eigenvalue weighted by atomic mass is 35.5. The summed E-state index contributed by atoms with van der Waals surface area (Å²) in [6.45, 7) is 2.85. The van der Waals surface area contributed by atoms with Gasteiger partial charge in [0.25, 0.3) is 0 Å². The summed E-state index contributed by atoms with van der Waals surface area (Å²) in [5.41, 5.74) is 1.06. The Morgan fingerprint density at radius 3 is 2.88 bits per heavy atom. The number of rotatable bonds is 6. The van der Waals surface area contributed by atoms with Gasteiger partial charge in [-0.15, -0.1) is 0 Å². The average molecular weight is 244 g/mol. The smallest absolute Gasteiger partial charge is 0.119 e. The molecule has 1 aromatic rings.